The Morgan fingerprint density at radius 2 is 1.62 bits per heavy atom. The maximum Gasteiger partial charge on any atom is 0.119 e. The van der Waals surface area contributed by atoms with Gasteiger partial charge in [0.2, 0.25) is 0 Å². The summed E-state index contributed by atoms with van der Waals surface area (Å²) in [5.74, 6) is 0.993. The normalized spacial score (nSPS) is 9.25. The Morgan fingerprint density at radius 1 is 1.00 bits per heavy atom. The van der Waals surface area contributed by atoms with Crippen LogP contribution in [0.4, 0.5) is 0 Å². The average Bonchev–Trinajstić information content (AvgIpc) is 2.34. The third kappa shape index (κ3) is 8.61. The first-order valence-electron chi connectivity index (χ1n) is 5.66. The number of ether oxygens (including phenoxy) is 1. The highest BCUT2D eigenvalue weighted by Crippen LogP contribution is 2.12. The molecular formula is C13H20I2O. The molecule has 0 aliphatic heterocycles. The molecule has 1 aromatic carbocycles. The van der Waals surface area contributed by atoms with Crippen LogP contribution in [-0.4, -0.2) is 6.61 Å². The molecule has 92 valence electrons. The Bertz CT molecular complexity index is 247. The van der Waals surface area contributed by atoms with Crippen LogP contribution >= 0.6 is 37.2 Å². The lowest BCUT2D eigenvalue weighted by Gasteiger charge is -2.05. The topological polar surface area (TPSA) is 9.23 Å². The van der Waals surface area contributed by atoms with Gasteiger partial charge in [0.15, 0.2) is 0 Å². The molecule has 0 heterocycles. The van der Waals surface area contributed by atoms with E-state index >= 15 is 0 Å². The minimum atomic E-state index is 0.850. The minimum absolute atomic E-state index is 0.850. The number of rotatable bonds is 6. The molecule has 3 heteroatoms. The van der Waals surface area contributed by atoms with E-state index in [2.05, 4.69) is 63.2 Å². The molecule has 1 nitrogen and oxygen atoms in total. The fourth-order valence-corrected chi connectivity index (χ4v) is 1.35. The second kappa shape index (κ2) is 12.0. The zero-order valence-electron chi connectivity index (χ0n) is 10.0. The number of halogens is 2. The van der Waals surface area contributed by atoms with Gasteiger partial charge in [0.05, 0.1) is 6.61 Å². The number of hydrogen-bond acceptors (Lipinski definition) is 1. The first-order chi connectivity index (χ1) is 7.83. The molecule has 0 N–H and O–H groups in total. The van der Waals surface area contributed by atoms with Gasteiger partial charge >= 0.3 is 0 Å². The largest absolute Gasteiger partial charge is 0.494 e. The highest BCUT2D eigenvalue weighted by Gasteiger charge is 1.92. The van der Waals surface area contributed by atoms with Crippen molar-refractivity contribution in [2.75, 3.05) is 6.61 Å². The Labute approximate surface area is 123 Å². The number of hydrogen-bond donors (Lipinski definition) is 0. The van der Waals surface area contributed by atoms with Crippen LogP contribution in [0.1, 0.15) is 38.2 Å². The van der Waals surface area contributed by atoms with Gasteiger partial charge in [-0.05, 0) is 25.5 Å². The summed E-state index contributed by atoms with van der Waals surface area (Å²) in [7, 11) is 0. The predicted molar refractivity (Wildman–Crippen MR) is 88.9 cm³/mol. The molecule has 0 unspecified atom stereocenters. The van der Waals surface area contributed by atoms with Crippen molar-refractivity contribution >= 4 is 37.2 Å². The van der Waals surface area contributed by atoms with Gasteiger partial charge in [-0.25, -0.2) is 0 Å². The first-order valence-corrected chi connectivity index (χ1v) is 11.9. The Balaban J connectivity index is 0.00000106. The highest BCUT2D eigenvalue weighted by molar-refractivity contribution is 15.0. The van der Waals surface area contributed by atoms with Crippen LogP contribution in [0.15, 0.2) is 24.3 Å². The van der Waals surface area contributed by atoms with Gasteiger partial charge in [-0.2, -0.15) is 0 Å². The maximum atomic E-state index is 5.61. The van der Waals surface area contributed by atoms with E-state index in [0.29, 0.717) is 0 Å². The summed E-state index contributed by atoms with van der Waals surface area (Å²) >= 11 is 4.24. The molecule has 0 radical (unpaired) electrons. The van der Waals surface area contributed by atoms with Crippen molar-refractivity contribution in [1.82, 2.24) is 0 Å². The summed E-state index contributed by atoms with van der Waals surface area (Å²) in [6, 6.07) is 8.24. The van der Waals surface area contributed by atoms with E-state index in [1.54, 1.807) is 0 Å². The van der Waals surface area contributed by atoms with Crippen LogP contribution in [0.5, 0.6) is 5.75 Å². The Kier molecular flexibility index (Phi) is 12.3. The van der Waals surface area contributed by atoms with E-state index in [4.69, 9.17) is 4.74 Å². The second-order valence-corrected chi connectivity index (χ2v) is 3.72. The van der Waals surface area contributed by atoms with Gasteiger partial charge < -0.3 is 4.74 Å². The van der Waals surface area contributed by atoms with Crippen LogP contribution in [0.3, 0.4) is 0 Å². The quantitative estimate of drug-likeness (QED) is 0.401. The summed E-state index contributed by atoms with van der Waals surface area (Å²) in [6.07, 6.45) is 5.05. The van der Waals surface area contributed by atoms with Gasteiger partial charge in [-0.15, -0.1) is 0 Å². The van der Waals surface area contributed by atoms with Crippen LogP contribution in [0.25, 0.3) is 0 Å². The number of aryl methyl sites for hydroxylation is 1. The standard InChI is InChI=1S/C13H20O.I2/c1-3-4-5-6-11-14-13-9-7-12(2)8-10-13;1-2/h7-10H,3-6,11H2,1-2H3;. The van der Waals surface area contributed by atoms with Crippen LogP contribution in [0, 0.1) is 6.92 Å². The van der Waals surface area contributed by atoms with Crippen LogP contribution < -0.4 is 4.74 Å². The molecule has 1 aromatic rings. The molecule has 0 aliphatic rings. The van der Waals surface area contributed by atoms with E-state index in [0.717, 1.165) is 12.4 Å². The first kappa shape index (κ1) is 16.5. The van der Waals surface area contributed by atoms with E-state index < -0.39 is 0 Å². The summed E-state index contributed by atoms with van der Waals surface area (Å²) < 4.78 is 5.61. The summed E-state index contributed by atoms with van der Waals surface area (Å²) in [4.78, 5) is 0. The molecule has 16 heavy (non-hydrogen) atoms. The summed E-state index contributed by atoms with van der Waals surface area (Å²) in [6.45, 7) is 5.16. The molecule has 0 aromatic heterocycles. The molecule has 0 aliphatic carbocycles. The van der Waals surface area contributed by atoms with Gasteiger partial charge in [0.1, 0.15) is 5.75 Å². The van der Waals surface area contributed by atoms with Crippen molar-refractivity contribution in [3.05, 3.63) is 29.8 Å². The van der Waals surface area contributed by atoms with Gasteiger partial charge in [0.25, 0.3) is 0 Å². The fraction of sp³-hybridized carbons (Fsp3) is 0.538. The smallest absolute Gasteiger partial charge is 0.119 e. The van der Waals surface area contributed by atoms with Gasteiger partial charge in [-0.1, -0.05) is 43.9 Å². The lowest BCUT2D eigenvalue weighted by atomic mass is 10.2. The zero-order chi connectivity index (χ0) is 12.2. The van der Waals surface area contributed by atoms with Crippen molar-refractivity contribution in [2.24, 2.45) is 0 Å². The number of benzene rings is 1. The molecule has 0 spiro atoms. The molecule has 0 atom stereocenters. The molecule has 1 rings (SSSR count). The number of unbranched alkanes of at least 4 members (excludes halogenated alkanes) is 3. The van der Waals surface area contributed by atoms with Crippen molar-refractivity contribution in [1.29, 1.82) is 0 Å². The van der Waals surface area contributed by atoms with Crippen molar-refractivity contribution in [3.8, 4) is 5.75 Å². The minimum Gasteiger partial charge on any atom is -0.494 e. The Hall–Kier alpha value is 0.480. The monoisotopic (exact) mass is 446 g/mol. The van der Waals surface area contributed by atoms with Crippen LogP contribution in [-0.2, 0) is 0 Å². The lowest BCUT2D eigenvalue weighted by molar-refractivity contribution is 0.305. The van der Waals surface area contributed by atoms with E-state index in [9.17, 15) is 0 Å². The average molecular weight is 446 g/mol. The lowest BCUT2D eigenvalue weighted by Crippen LogP contribution is -1.96. The van der Waals surface area contributed by atoms with E-state index in [-0.39, 0.29) is 0 Å². The van der Waals surface area contributed by atoms with E-state index in [1.807, 2.05) is 12.1 Å². The molecular weight excluding hydrogens is 426 g/mol. The molecule has 0 fully saturated rings. The predicted octanol–water partition coefficient (Wildman–Crippen LogP) is 5.73. The van der Waals surface area contributed by atoms with Crippen LogP contribution in [0.2, 0.25) is 0 Å². The molecule has 0 saturated carbocycles. The Morgan fingerprint density at radius 3 is 2.19 bits per heavy atom. The van der Waals surface area contributed by atoms with Crippen molar-refractivity contribution < 1.29 is 4.74 Å². The fourth-order valence-electron chi connectivity index (χ4n) is 1.35. The molecule has 0 saturated heterocycles. The summed E-state index contributed by atoms with van der Waals surface area (Å²) in [5.41, 5.74) is 1.28. The molecule has 0 bridgehead atoms. The maximum absolute atomic E-state index is 5.61. The third-order valence-electron chi connectivity index (χ3n) is 2.29. The SMILES string of the molecule is CCCCCCOc1ccc(C)cc1.II. The summed E-state index contributed by atoms with van der Waals surface area (Å²) in [5, 5.41) is 0. The van der Waals surface area contributed by atoms with Gasteiger partial charge in [-0.3, -0.25) is 0 Å². The molecule has 0 amide bonds. The zero-order valence-corrected chi connectivity index (χ0v) is 14.3. The highest BCUT2D eigenvalue weighted by atomic mass is 128. The van der Waals surface area contributed by atoms with Crippen molar-refractivity contribution in [2.45, 2.75) is 39.5 Å². The van der Waals surface area contributed by atoms with Gasteiger partial charge in [0, 0.05) is 37.2 Å². The van der Waals surface area contributed by atoms with E-state index in [1.165, 1.54) is 31.2 Å². The third-order valence-corrected chi connectivity index (χ3v) is 2.29. The second-order valence-electron chi connectivity index (χ2n) is 3.72. The van der Waals surface area contributed by atoms with Crippen molar-refractivity contribution in [3.63, 3.8) is 0 Å².